The van der Waals surface area contributed by atoms with Crippen molar-refractivity contribution in [2.75, 3.05) is 6.61 Å². The van der Waals surface area contributed by atoms with Gasteiger partial charge in [0.15, 0.2) is 6.10 Å². The number of aliphatic hydroxyl groups excluding tert-OH is 1. The summed E-state index contributed by atoms with van der Waals surface area (Å²) in [5.41, 5.74) is 1.56. The lowest BCUT2D eigenvalue weighted by Crippen LogP contribution is -2.16. The van der Waals surface area contributed by atoms with Gasteiger partial charge in [0.25, 0.3) is 0 Å². The van der Waals surface area contributed by atoms with Gasteiger partial charge in [-0.2, -0.15) is 0 Å². The zero-order valence-corrected chi connectivity index (χ0v) is 10.2. The van der Waals surface area contributed by atoms with Gasteiger partial charge in [0.2, 0.25) is 0 Å². The Kier molecular flexibility index (Phi) is 4.63. The highest BCUT2D eigenvalue weighted by molar-refractivity contribution is 5.76. The van der Waals surface area contributed by atoms with Crippen molar-refractivity contribution in [3.05, 3.63) is 34.9 Å². The summed E-state index contributed by atoms with van der Waals surface area (Å²) in [6.07, 6.45) is -2.49. The van der Waals surface area contributed by atoms with E-state index in [1.807, 2.05) is 0 Å². The second-order valence-electron chi connectivity index (χ2n) is 3.89. The number of rotatable bonds is 4. The Bertz CT molecular complexity index is 402. The normalized spacial score (nSPS) is 14.2. The van der Waals surface area contributed by atoms with Gasteiger partial charge in [0, 0.05) is 0 Å². The molecule has 0 saturated heterocycles. The predicted molar refractivity (Wildman–Crippen MR) is 62.3 cm³/mol. The number of carbonyl (C=O) groups is 1. The molecule has 0 spiro atoms. The Morgan fingerprint density at radius 1 is 1.53 bits per heavy atom. The third-order valence-corrected chi connectivity index (χ3v) is 2.57. The second-order valence-corrected chi connectivity index (χ2v) is 3.89. The minimum absolute atomic E-state index is 0.203. The Labute approximate surface area is 100 Å². The SMILES string of the molecule is CCOC(=O)C(O)c1cc(C(C)F)ccc1C. The van der Waals surface area contributed by atoms with E-state index in [0.717, 1.165) is 5.56 Å². The number of aliphatic hydroxyl groups is 1. The van der Waals surface area contributed by atoms with Crippen molar-refractivity contribution in [2.45, 2.75) is 33.0 Å². The summed E-state index contributed by atoms with van der Waals surface area (Å²) in [5, 5.41) is 9.81. The number of hydrogen-bond acceptors (Lipinski definition) is 3. The minimum Gasteiger partial charge on any atom is -0.464 e. The Morgan fingerprint density at radius 2 is 2.18 bits per heavy atom. The number of esters is 1. The van der Waals surface area contributed by atoms with Gasteiger partial charge >= 0.3 is 5.97 Å². The van der Waals surface area contributed by atoms with Crippen molar-refractivity contribution in [3.63, 3.8) is 0 Å². The summed E-state index contributed by atoms with van der Waals surface area (Å²) in [4.78, 5) is 11.4. The van der Waals surface area contributed by atoms with E-state index in [9.17, 15) is 14.3 Å². The van der Waals surface area contributed by atoms with Crippen LogP contribution >= 0.6 is 0 Å². The molecule has 0 bridgehead atoms. The molecule has 0 amide bonds. The number of benzene rings is 1. The molecular formula is C13H17FO3. The fourth-order valence-electron chi connectivity index (χ4n) is 1.55. The molecule has 0 aliphatic heterocycles. The Balaban J connectivity index is 3.03. The highest BCUT2D eigenvalue weighted by Gasteiger charge is 2.21. The summed E-state index contributed by atoms with van der Waals surface area (Å²) in [7, 11) is 0. The molecule has 1 rings (SSSR count). The second kappa shape index (κ2) is 5.77. The van der Waals surface area contributed by atoms with E-state index < -0.39 is 18.2 Å². The van der Waals surface area contributed by atoms with E-state index in [-0.39, 0.29) is 6.61 Å². The largest absolute Gasteiger partial charge is 0.464 e. The molecule has 0 fully saturated rings. The third-order valence-electron chi connectivity index (χ3n) is 2.57. The fraction of sp³-hybridized carbons (Fsp3) is 0.462. The average molecular weight is 240 g/mol. The molecule has 17 heavy (non-hydrogen) atoms. The molecule has 0 aromatic heterocycles. The average Bonchev–Trinajstić information content (AvgIpc) is 2.28. The third kappa shape index (κ3) is 3.27. The van der Waals surface area contributed by atoms with Gasteiger partial charge in [-0.3, -0.25) is 0 Å². The summed E-state index contributed by atoms with van der Waals surface area (Å²) < 4.78 is 17.9. The Morgan fingerprint density at radius 3 is 2.71 bits per heavy atom. The Hall–Kier alpha value is -1.42. The number of aryl methyl sites for hydroxylation is 1. The summed E-state index contributed by atoms with van der Waals surface area (Å²) in [5.74, 6) is -0.709. The molecule has 2 atom stereocenters. The highest BCUT2D eigenvalue weighted by atomic mass is 19.1. The predicted octanol–water partition coefficient (Wildman–Crippen LogP) is 2.62. The van der Waals surface area contributed by atoms with Crippen molar-refractivity contribution in [1.29, 1.82) is 0 Å². The zero-order chi connectivity index (χ0) is 13.0. The maximum Gasteiger partial charge on any atom is 0.339 e. The van der Waals surface area contributed by atoms with E-state index in [0.29, 0.717) is 11.1 Å². The molecule has 1 aromatic carbocycles. The van der Waals surface area contributed by atoms with Crippen molar-refractivity contribution < 1.29 is 19.0 Å². The van der Waals surface area contributed by atoms with Crippen LogP contribution in [0.5, 0.6) is 0 Å². The van der Waals surface area contributed by atoms with E-state index >= 15 is 0 Å². The van der Waals surface area contributed by atoms with Crippen LogP contribution in [0.25, 0.3) is 0 Å². The van der Waals surface area contributed by atoms with Crippen molar-refractivity contribution >= 4 is 5.97 Å². The first kappa shape index (κ1) is 13.6. The van der Waals surface area contributed by atoms with Crippen LogP contribution in [-0.4, -0.2) is 17.7 Å². The van der Waals surface area contributed by atoms with Crippen molar-refractivity contribution in [2.24, 2.45) is 0 Å². The molecule has 3 nitrogen and oxygen atoms in total. The summed E-state index contributed by atoms with van der Waals surface area (Å²) >= 11 is 0. The lowest BCUT2D eigenvalue weighted by Gasteiger charge is -2.14. The standard InChI is InChI=1S/C13H17FO3/c1-4-17-13(16)12(15)11-7-10(9(3)14)6-5-8(11)2/h5-7,9,12,15H,4H2,1-3H3. The number of halogens is 1. The van der Waals surface area contributed by atoms with E-state index in [4.69, 9.17) is 4.74 Å². The first-order valence-corrected chi connectivity index (χ1v) is 5.56. The minimum atomic E-state index is -1.35. The lowest BCUT2D eigenvalue weighted by molar-refractivity contribution is -0.153. The van der Waals surface area contributed by atoms with Crippen LogP contribution < -0.4 is 0 Å². The van der Waals surface area contributed by atoms with Gasteiger partial charge in [-0.15, -0.1) is 0 Å². The topological polar surface area (TPSA) is 46.5 Å². The van der Waals surface area contributed by atoms with Crippen LogP contribution in [0.1, 0.15) is 42.8 Å². The molecule has 1 aromatic rings. The molecule has 4 heteroatoms. The van der Waals surface area contributed by atoms with E-state index in [1.165, 1.54) is 13.0 Å². The maximum absolute atomic E-state index is 13.2. The van der Waals surface area contributed by atoms with E-state index in [2.05, 4.69) is 0 Å². The van der Waals surface area contributed by atoms with Gasteiger partial charge in [0.05, 0.1) is 6.61 Å². The van der Waals surface area contributed by atoms with Crippen LogP contribution in [0.15, 0.2) is 18.2 Å². The van der Waals surface area contributed by atoms with E-state index in [1.54, 1.807) is 26.0 Å². The van der Waals surface area contributed by atoms with Crippen LogP contribution in [0.3, 0.4) is 0 Å². The molecule has 0 heterocycles. The van der Waals surface area contributed by atoms with Crippen molar-refractivity contribution in [3.8, 4) is 0 Å². The van der Waals surface area contributed by atoms with Gasteiger partial charge in [-0.05, 0) is 43.5 Å². The van der Waals surface area contributed by atoms with Crippen LogP contribution in [-0.2, 0) is 9.53 Å². The van der Waals surface area contributed by atoms with Gasteiger partial charge in [-0.1, -0.05) is 12.1 Å². The van der Waals surface area contributed by atoms with Crippen LogP contribution in [0, 0.1) is 6.92 Å². The number of carbonyl (C=O) groups excluding carboxylic acids is 1. The quantitative estimate of drug-likeness (QED) is 0.823. The smallest absolute Gasteiger partial charge is 0.339 e. The lowest BCUT2D eigenvalue weighted by atomic mass is 9.99. The fourth-order valence-corrected chi connectivity index (χ4v) is 1.55. The zero-order valence-electron chi connectivity index (χ0n) is 10.2. The maximum atomic E-state index is 13.2. The van der Waals surface area contributed by atoms with Gasteiger partial charge in [-0.25, -0.2) is 9.18 Å². The molecule has 94 valence electrons. The molecule has 0 aliphatic carbocycles. The first-order valence-electron chi connectivity index (χ1n) is 5.56. The van der Waals surface area contributed by atoms with Crippen LogP contribution in [0.2, 0.25) is 0 Å². The highest BCUT2D eigenvalue weighted by Crippen LogP contribution is 2.25. The van der Waals surface area contributed by atoms with Crippen LogP contribution in [0.4, 0.5) is 4.39 Å². The monoisotopic (exact) mass is 240 g/mol. The molecule has 0 aliphatic rings. The molecule has 0 radical (unpaired) electrons. The number of ether oxygens (including phenoxy) is 1. The molecule has 0 saturated carbocycles. The molecular weight excluding hydrogens is 223 g/mol. The molecule has 2 unspecified atom stereocenters. The van der Waals surface area contributed by atoms with Gasteiger partial charge < -0.3 is 9.84 Å². The summed E-state index contributed by atoms with van der Waals surface area (Å²) in [6, 6.07) is 4.83. The number of hydrogen-bond donors (Lipinski definition) is 1. The number of alkyl halides is 1. The molecule has 1 N–H and O–H groups in total. The van der Waals surface area contributed by atoms with Gasteiger partial charge in [0.1, 0.15) is 6.17 Å². The van der Waals surface area contributed by atoms with Crippen molar-refractivity contribution in [1.82, 2.24) is 0 Å². The first-order chi connectivity index (χ1) is 7.97. The summed E-state index contributed by atoms with van der Waals surface area (Å²) in [6.45, 7) is 5.03.